The summed E-state index contributed by atoms with van der Waals surface area (Å²) < 4.78 is 5.46. The van der Waals surface area contributed by atoms with E-state index >= 15 is 0 Å². The average Bonchev–Trinajstić information content (AvgIpc) is 2.65. The largest absolute Gasteiger partial charge is 0.380 e. The highest BCUT2D eigenvalue weighted by Gasteiger charge is 2.27. The minimum atomic E-state index is 0.475. The minimum Gasteiger partial charge on any atom is -0.380 e. The molecule has 0 amide bonds. The summed E-state index contributed by atoms with van der Waals surface area (Å²) in [6, 6.07) is 0.702. The molecular weight excluding hydrogens is 188 g/mol. The summed E-state index contributed by atoms with van der Waals surface area (Å²) in [6.45, 7) is 7.18. The number of nitrogens with zero attached hydrogens (tertiary/aromatic N) is 1. The summed E-state index contributed by atoms with van der Waals surface area (Å²) in [6.07, 6.45) is 4.36. The van der Waals surface area contributed by atoms with Crippen molar-refractivity contribution in [2.24, 2.45) is 5.92 Å². The van der Waals surface area contributed by atoms with Gasteiger partial charge in [0.1, 0.15) is 0 Å². The summed E-state index contributed by atoms with van der Waals surface area (Å²) in [7, 11) is 1.84. The zero-order valence-electron chi connectivity index (χ0n) is 10.0. The highest BCUT2D eigenvalue weighted by Crippen LogP contribution is 2.20. The normalized spacial score (nSPS) is 38.4. The van der Waals surface area contributed by atoms with Gasteiger partial charge in [0.25, 0.3) is 0 Å². The number of piperidine rings is 1. The van der Waals surface area contributed by atoms with Gasteiger partial charge in [0, 0.05) is 26.2 Å². The topological polar surface area (TPSA) is 24.5 Å². The Labute approximate surface area is 93.2 Å². The van der Waals surface area contributed by atoms with Gasteiger partial charge in [-0.2, -0.15) is 0 Å². The van der Waals surface area contributed by atoms with Crippen LogP contribution in [-0.2, 0) is 4.74 Å². The van der Waals surface area contributed by atoms with E-state index in [1.807, 2.05) is 7.11 Å². The van der Waals surface area contributed by atoms with E-state index in [1.54, 1.807) is 0 Å². The van der Waals surface area contributed by atoms with Crippen LogP contribution in [-0.4, -0.2) is 50.3 Å². The van der Waals surface area contributed by atoms with Crippen LogP contribution in [0, 0.1) is 5.92 Å². The zero-order chi connectivity index (χ0) is 10.7. The van der Waals surface area contributed by atoms with Crippen molar-refractivity contribution in [3.63, 3.8) is 0 Å². The Balaban J connectivity index is 1.78. The van der Waals surface area contributed by atoms with Crippen LogP contribution in [0.4, 0.5) is 0 Å². The first-order valence-electron chi connectivity index (χ1n) is 6.28. The lowest BCUT2D eigenvalue weighted by Gasteiger charge is -2.34. The van der Waals surface area contributed by atoms with E-state index in [0.29, 0.717) is 12.1 Å². The maximum Gasteiger partial charge on any atom is 0.0698 e. The number of hydrogen-bond acceptors (Lipinski definition) is 3. The van der Waals surface area contributed by atoms with Crippen LogP contribution in [0.2, 0.25) is 0 Å². The molecule has 0 aromatic rings. The van der Waals surface area contributed by atoms with Gasteiger partial charge in [0.2, 0.25) is 0 Å². The molecule has 3 atom stereocenters. The average molecular weight is 212 g/mol. The SMILES string of the molecule is COC1CCCN(CC2CCNC2C)C1. The quantitative estimate of drug-likeness (QED) is 0.758. The minimum absolute atomic E-state index is 0.475. The maximum atomic E-state index is 5.46. The van der Waals surface area contributed by atoms with Gasteiger partial charge >= 0.3 is 0 Å². The van der Waals surface area contributed by atoms with Gasteiger partial charge < -0.3 is 15.0 Å². The molecule has 88 valence electrons. The first-order valence-corrected chi connectivity index (χ1v) is 6.28. The molecule has 2 fully saturated rings. The van der Waals surface area contributed by atoms with Crippen LogP contribution in [0.15, 0.2) is 0 Å². The first kappa shape index (κ1) is 11.4. The molecule has 2 aliphatic rings. The Kier molecular flexibility index (Phi) is 4.00. The van der Waals surface area contributed by atoms with Crippen LogP contribution in [0.25, 0.3) is 0 Å². The Bertz CT molecular complexity index is 198. The van der Waals surface area contributed by atoms with Crippen molar-refractivity contribution in [3.8, 4) is 0 Å². The van der Waals surface area contributed by atoms with Crippen LogP contribution in [0.1, 0.15) is 26.2 Å². The second-order valence-corrected chi connectivity index (χ2v) is 5.05. The molecule has 3 heteroatoms. The molecular formula is C12H24N2O. The Morgan fingerprint density at radius 1 is 1.40 bits per heavy atom. The van der Waals surface area contributed by atoms with E-state index in [0.717, 1.165) is 12.5 Å². The lowest BCUT2D eigenvalue weighted by molar-refractivity contribution is 0.0255. The molecule has 0 aromatic carbocycles. The monoisotopic (exact) mass is 212 g/mol. The van der Waals surface area contributed by atoms with Crippen molar-refractivity contribution in [2.75, 3.05) is 33.3 Å². The second kappa shape index (κ2) is 5.28. The number of methoxy groups -OCH3 is 1. The third-order valence-corrected chi connectivity index (χ3v) is 3.98. The van der Waals surface area contributed by atoms with Gasteiger partial charge in [-0.05, 0) is 45.2 Å². The third kappa shape index (κ3) is 2.92. The standard InChI is InChI=1S/C12H24N2O/c1-10-11(5-6-13-10)8-14-7-3-4-12(9-14)15-2/h10-13H,3-9H2,1-2H3. The molecule has 0 bridgehead atoms. The predicted octanol–water partition coefficient (Wildman–Crippen LogP) is 1.10. The number of likely N-dealkylation sites (tertiary alicyclic amines) is 1. The number of hydrogen-bond donors (Lipinski definition) is 1. The lowest BCUT2D eigenvalue weighted by atomic mass is 9.99. The summed E-state index contributed by atoms with van der Waals surface area (Å²) in [4.78, 5) is 2.59. The number of ether oxygens (including phenoxy) is 1. The van der Waals surface area contributed by atoms with Crippen molar-refractivity contribution in [2.45, 2.75) is 38.3 Å². The Morgan fingerprint density at radius 2 is 2.27 bits per heavy atom. The van der Waals surface area contributed by atoms with Crippen LogP contribution in [0.5, 0.6) is 0 Å². The lowest BCUT2D eigenvalue weighted by Crippen LogP contribution is -2.43. The highest BCUT2D eigenvalue weighted by atomic mass is 16.5. The molecule has 15 heavy (non-hydrogen) atoms. The van der Waals surface area contributed by atoms with Crippen molar-refractivity contribution in [1.29, 1.82) is 0 Å². The molecule has 0 radical (unpaired) electrons. The molecule has 3 unspecified atom stereocenters. The van der Waals surface area contributed by atoms with Crippen molar-refractivity contribution in [1.82, 2.24) is 10.2 Å². The fourth-order valence-electron chi connectivity index (χ4n) is 2.87. The number of nitrogens with one attached hydrogen (secondary N) is 1. The van der Waals surface area contributed by atoms with Crippen molar-refractivity contribution >= 4 is 0 Å². The van der Waals surface area contributed by atoms with E-state index in [-0.39, 0.29) is 0 Å². The molecule has 0 saturated carbocycles. The number of rotatable bonds is 3. The summed E-state index contributed by atoms with van der Waals surface area (Å²) in [5, 5.41) is 3.53. The third-order valence-electron chi connectivity index (χ3n) is 3.98. The van der Waals surface area contributed by atoms with Gasteiger partial charge in [-0.1, -0.05) is 0 Å². The smallest absolute Gasteiger partial charge is 0.0698 e. The molecule has 1 N–H and O–H groups in total. The Hall–Kier alpha value is -0.120. The molecule has 0 spiro atoms. The summed E-state index contributed by atoms with van der Waals surface area (Å²) in [5.74, 6) is 0.848. The second-order valence-electron chi connectivity index (χ2n) is 5.05. The van der Waals surface area contributed by atoms with Crippen molar-refractivity contribution < 1.29 is 4.74 Å². The van der Waals surface area contributed by atoms with Gasteiger partial charge in [-0.25, -0.2) is 0 Å². The molecule has 0 aliphatic carbocycles. The molecule has 3 nitrogen and oxygen atoms in total. The molecule has 2 saturated heterocycles. The first-order chi connectivity index (χ1) is 7.29. The van der Waals surface area contributed by atoms with Crippen LogP contribution in [0.3, 0.4) is 0 Å². The van der Waals surface area contributed by atoms with Gasteiger partial charge in [0.15, 0.2) is 0 Å². The zero-order valence-corrected chi connectivity index (χ0v) is 10.0. The molecule has 2 heterocycles. The maximum absolute atomic E-state index is 5.46. The van der Waals surface area contributed by atoms with Gasteiger partial charge in [0.05, 0.1) is 6.10 Å². The fourth-order valence-corrected chi connectivity index (χ4v) is 2.87. The van der Waals surface area contributed by atoms with E-state index in [9.17, 15) is 0 Å². The van der Waals surface area contributed by atoms with Gasteiger partial charge in [-0.15, -0.1) is 0 Å². The van der Waals surface area contributed by atoms with E-state index in [2.05, 4.69) is 17.1 Å². The highest BCUT2D eigenvalue weighted by molar-refractivity contribution is 4.84. The van der Waals surface area contributed by atoms with Gasteiger partial charge in [-0.3, -0.25) is 0 Å². The summed E-state index contributed by atoms with van der Waals surface area (Å²) >= 11 is 0. The van der Waals surface area contributed by atoms with Crippen LogP contribution >= 0.6 is 0 Å². The Morgan fingerprint density at radius 3 is 2.93 bits per heavy atom. The summed E-state index contributed by atoms with van der Waals surface area (Å²) in [5.41, 5.74) is 0. The van der Waals surface area contributed by atoms with E-state index in [1.165, 1.54) is 38.9 Å². The van der Waals surface area contributed by atoms with Crippen LogP contribution < -0.4 is 5.32 Å². The van der Waals surface area contributed by atoms with Crippen molar-refractivity contribution in [3.05, 3.63) is 0 Å². The van der Waals surface area contributed by atoms with E-state index < -0.39 is 0 Å². The predicted molar refractivity (Wildman–Crippen MR) is 62.0 cm³/mol. The molecule has 2 aliphatic heterocycles. The molecule has 0 aromatic heterocycles. The fraction of sp³-hybridized carbons (Fsp3) is 1.00. The van der Waals surface area contributed by atoms with E-state index in [4.69, 9.17) is 4.74 Å². The molecule has 2 rings (SSSR count).